The van der Waals surface area contributed by atoms with Crippen LogP contribution in [0.4, 0.5) is 13.2 Å². The van der Waals surface area contributed by atoms with Crippen molar-refractivity contribution in [1.82, 2.24) is 0 Å². The number of ether oxygens (including phenoxy) is 1. The molecule has 21 heavy (non-hydrogen) atoms. The van der Waals surface area contributed by atoms with E-state index in [0.29, 0.717) is 18.4 Å². The average Bonchev–Trinajstić information content (AvgIpc) is 2.59. The first-order valence-electron chi connectivity index (χ1n) is 6.56. The minimum absolute atomic E-state index is 0.0513. The second-order valence-corrected chi connectivity index (χ2v) is 7.66. The molecule has 0 aromatic heterocycles. The minimum Gasteiger partial charge on any atom is -0.434 e. The van der Waals surface area contributed by atoms with Gasteiger partial charge >= 0.3 is 6.61 Å². The summed E-state index contributed by atoms with van der Waals surface area (Å²) in [5, 5.41) is -1.20. The number of alkyl halides is 2. The number of rotatable bonds is 3. The molecule has 2 aliphatic heterocycles. The maximum Gasteiger partial charge on any atom is 0.387 e. The molecule has 1 saturated heterocycles. The highest BCUT2D eigenvalue weighted by Crippen LogP contribution is 2.43. The van der Waals surface area contributed by atoms with E-state index in [1.165, 1.54) is 18.2 Å². The van der Waals surface area contributed by atoms with Gasteiger partial charge in [0.25, 0.3) is 0 Å². The van der Waals surface area contributed by atoms with Gasteiger partial charge in [-0.1, -0.05) is 12.1 Å². The van der Waals surface area contributed by atoms with Crippen molar-refractivity contribution in [3.8, 4) is 5.75 Å². The molecule has 3 nitrogen and oxygen atoms in total. The number of halogens is 3. The lowest BCUT2D eigenvalue weighted by atomic mass is 9.99. The quantitative estimate of drug-likeness (QED) is 0.860. The topological polar surface area (TPSA) is 43.4 Å². The number of allylic oxidation sites excluding steroid dienone is 1. The second-order valence-electron chi connectivity index (χ2n) is 5.21. The van der Waals surface area contributed by atoms with Gasteiger partial charge in [0.05, 0.1) is 16.1 Å². The molecule has 0 N–H and O–H groups in total. The first-order chi connectivity index (χ1) is 9.89. The number of sulfone groups is 1. The van der Waals surface area contributed by atoms with E-state index >= 15 is 0 Å². The number of hydrogen-bond donors (Lipinski definition) is 0. The van der Waals surface area contributed by atoms with Gasteiger partial charge in [0.1, 0.15) is 11.6 Å². The van der Waals surface area contributed by atoms with Crippen molar-refractivity contribution in [3.05, 3.63) is 35.7 Å². The third kappa shape index (κ3) is 2.43. The molecule has 3 rings (SSSR count). The SMILES string of the molecule is O=S1(=O)C2C=C(c3c(F)cccc3OC(F)F)CC1CC2. The molecule has 0 spiro atoms. The fourth-order valence-electron chi connectivity index (χ4n) is 3.06. The molecule has 0 amide bonds. The molecule has 1 fully saturated rings. The van der Waals surface area contributed by atoms with Crippen molar-refractivity contribution in [1.29, 1.82) is 0 Å². The molecule has 2 bridgehead atoms. The lowest BCUT2D eigenvalue weighted by Crippen LogP contribution is -2.26. The largest absolute Gasteiger partial charge is 0.434 e. The molecule has 0 aliphatic carbocycles. The highest BCUT2D eigenvalue weighted by molar-refractivity contribution is 7.93. The Morgan fingerprint density at radius 1 is 1.24 bits per heavy atom. The first-order valence-corrected chi connectivity index (χ1v) is 8.17. The Hall–Kier alpha value is -1.50. The summed E-state index contributed by atoms with van der Waals surface area (Å²) in [4.78, 5) is 0. The Labute approximate surface area is 120 Å². The van der Waals surface area contributed by atoms with E-state index in [2.05, 4.69) is 4.74 Å². The fourth-order valence-corrected chi connectivity index (χ4v) is 5.24. The molecule has 2 aliphatic rings. The van der Waals surface area contributed by atoms with Crippen LogP contribution in [0.2, 0.25) is 0 Å². The van der Waals surface area contributed by atoms with Gasteiger partial charge in [0, 0.05) is 0 Å². The number of fused-ring (bicyclic) bond motifs is 2. The zero-order valence-corrected chi connectivity index (χ0v) is 11.7. The molecular weight excluding hydrogens is 305 g/mol. The molecule has 1 aromatic rings. The van der Waals surface area contributed by atoms with Crippen molar-refractivity contribution in [3.63, 3.8) is 0 Å². The lowest BCUT2D eigenvalue weighted by molar-refractivity contribution is -0.0502. The van der Waals surface area contributed by atoms with Gasteiger partial charge in [-0.25, -0.2) is 12.8 Å². The van der Waals surface area contributed by atoms with E-state index in [4.69, 9.17) is 0 Å². The van der Waals surface area contributed by atoms with Crippen LogP contribution >= 0.6 is 0 Å². The molecule has 1 aromatic carbocycles. The summed E-state index contributed by atoms with van der Waals surface area (Å²) in [6.45, 7) is -3.06. The molecule has 2 unspecified atom stereocenters. The average molecular weight is 318 g/mol. The molecule has 0 radical (unpaired) electrons. The molecule has 0 saturated carbocycles. The summed E-state index contributed by atoms with van der Waals surface area (Å²) < 4.78 is 67.3. The van der Waals surface area contributed by atoms with Gasteiger partial charge in [-0.15, -0.1) is 0 Å². The maximum absolute atomic E-state index is 14.0. The van der Waals surface area contributed by atoms with E-state index in [1.54, 1.807) is 0 Å². The highest BCUT2D eigenvalue weighted by Gasteiger charge is 2.44. The molecule has 7 heteroatoms. The maximum atomic E-state index is 14.0. The van der Waals surface area contributed by atoms with Crippen molar-refractivity contribution in [2.45, 2.75) is 36.4 Å². The van der Waals surface area contributed by atoms with Gasteiger partial charge in [-0.05, 0) is 37.0 Å². The van der Waals surface area contributed by atoms with Gasteiger partial charge in [0.15, 0.2) is 9.84 Å². The molecule has 2 heterocycles. The predicted octanol–water partition coefficient (Wildman–Crippen LogP) is 3.16. The molecular formula is C14H13F3O3S. The zero-order chi connectivity index (χ0) is 15.2. The van der Waals surface area contributed by atoms with Gasteiger partial charge < -0.3 is 4.74 Å². The summed E-state index contributed by atoms with van der Waals surface area (Å²) in [6, 6.07) is 3.70. The molecule has 114 valence electrons. The van der Waals surface area contributed by atoms with E-state index < -0.39 is 32.8 Å². The van der Waals surface area contributed by atoms with Crippen LogP contribution in [0, 0.1) is 5.82 Å². The number of benzene rings is 1. The zero-order valence-electron chi connectivity index (χ0n) is 10.9. The molecule has 2 atom stereocenters. The normalized spacial score (nSPS) is 26.8. The van der Waals surface area contributed by atoms with E-state index in [-0.39, 0.29) is 17.7 Å². The van der Waals surface area contributed by atoms with Crippen LogP contribution in [0.3, 0.4) is 0 Å². The Morgan fingerprint density at radius 3 is 2.67 bits per heavy atom. The predicted molar refractivity (Wildman–Crippen MR) is 71.4 cm³/mol. The van der Waals surface area contributed by atoms with Crippen LogP contribution in [-0.4, -0.2) is 25.5 Å². The minimum atomic E-state index is -3.21. The van der Waals surface area contributed by atoms with Gasteiger partial charge in [0.2, 0.25) is 0 Å². The standard InChI is InChI=1S/C14H13F3O3S/c15-11-2-1-3-12(20-14(16)17)13(11)8-6-9-4-5-10(7-8)21(9,18)19/h1-3,6,9-10,14H,4-5,7H2. The Balaban J connectivity index is 2.06. The van der Waals surface area contributed by atoms with E-state index in [0.717, 1.165) is 6.07 Å². The second kappa shape index (κ2) is 5.05. The van der Waals surface area contributed by atoms with Gasteiger partial charge in [-0.3, -0.25) is 0 Å². The van der Waals surface area contributed by atoms with Crippen molar-refractivity contribution < 1.29 is 26.3 Å². The Morgan fingerprint density at radius 2 is 2.00 bits per heavy atom. The van der Waals surface area contributed by atoms with Crippen molar-refractivity contribution in [2.24, 2.45) is 0 Å². The van der Waals surface area contributed by atoms with Crippen LogP contribution in [-0.2, 0) is 9.84 Å². The smallest absolute Gasteiger partial charge is 0.387 e. The van der Waals surface area contributed by atoms with Crippen LogP contribution in [0.5, 0.6) is 5.75 Å². The summed E-state index contributed by atoms with van der Waals surface area (Å²) >= 11 is 0. The summed E-state index contributed by atoms with van der Waals surface area (Å²) in [5.41, 5.74) is 0.385. The first kappa shape index (κ1) is 14.4. The summed E-state index contributed by atoms with van der Waals surface area (Å²) in [7, 11) is -3.21. The van der Waals surface area contributed by atoms with Crippen LogP contribution in [0.1, 0.15) is 24.8 Å². The number of hydrogen-bond acceptors (Lipinski definition) is 3. The van der Waals surface area contributed by atoms with Crippen LogP contribution in [0.25, 0.3) is 5.57 Å². The van der Waals surface area contributed by atoms with E-state index in [1.807, 2.05) is 0 Å². The third-order valence-corrected chi connectivity index (χ3v) is 6.55. The van der Waals surface area contributed by atoms with Gasteiger partial charge in [-0.2, -0.15) is 8.78 Å². The monoisotopic (exact) mass is 318 g/mol. The summed E-state index contributed by atoms with van der Waals surface area (Å²) in [5.74, 6) is -0.937. The van der Waals surface area contributed by atoms with E-state index in [9.17, 15) is 21.6 Å². The van der Waals surface area contributed by atoms with Crippen LogP contribution in [0.15, 0.2) is 24.3 Å². The lowest BCUT2D eigenvalue weighted by Gasteiger charge is -2.22. The Bertz CT molecular complexity index is 697. The third-order valence-electron chi connectivity index (χ3n) is 4.01. The Kier molecular flexibility index (Phi) is 3.47. The van der Waals surface area contributed by atoms with Crippen molar-refractivity contribution >= 4 is 15.4 Å². The highest BCUT2D eigenvalue weighted by atomic mass is 32.2. The van der Waals surface area contributed by atoms with Crippen molar-refractivity contribution in [2.75, 3.05) is 0 Å². The summed E-state index contributed by atoms with van der Waals surface area (Å²) in [6.07, 6.45) is 2.64. The fraction of sp³-hybridized carbons (Fsp3) is 0.429. The van der Waals surface area contributed by atoms with Crippen LogP contribution < -0.4 is 4.74 Å².